The van der Waals surface area contributed by atoms with Crippen molar-refractivity contribution in [1.82, 2.24) is 19.7 Å². The zero-order valence-corrected chi connectivity index (χ0v) is 15.3. The smallest absolute Gasteiger partial charge is 0.254 e. The maximum atomic E-state index is 12.8. The summed E-state index contributed by atoms with van der Waals surface area (Å²) in [5.74, 6) is 3.02. The largest absolute Gasteiger partial charge is 0.497 e. The van der Waals surface area contributed by atoms with Gasteiger partial charge in [-0.3, -0.25) is 4.79 Å². The number of aromatic nitrogens is 3. The number of nitrogens with zero attached hydrogens (tertiary/aromatic N) is 4. The third-order valence-corrected chi connectivity index (χ3v) is 4.71. The van der Waals surface area contributed by atoms with Gasteiger partial charge in [-0.05, 0) is 42.5 Å². The van der Waals surface area contributed by atoms with E-state index in [0.717, 1.165) is 23.0 Å². The van der Waals surface area contributed by atoms with Crippen molar-refractivity contribution in [3.05, 3.63) is 59.9 Å². The number of carbonyl (C=O) groups excluding carboxylic acids is 1. The van der Waals surface area contributed by atoms with E-state index < -0.39 is 0 Å². The number of hydrogen-bond donors (Lipinski definition) is 0. The highest BCUT2D eigenvalue weighted by atomic mass is 16.5. The minimum atomic E-state index is -0.0332. The molecule has 1 aliphatic heterocycles. The molecule has 27 heavy (non-hydrogen) atoms. The van der Waals surface area contributed by atoms with Crippen LogP contribution in [0, 0.1) is 0 Å². The van der Waals surface area contributed by atoms with Gasteiger partial charge in [0.25, 0.3) is 5.91 Å². The first-order valence-electron chi connectivity index (χ1n) is 8.69. The molecule has 1 aliphatic rings. The van der Waals surface area contributed by atoms with Gasteiger partial charge in [-0.2, -0.15) is 0 Å². The van der Waals surface area contributed by atoms with Crippen molar-refractivity contribution < 1.29 is 14.3 Å². The van der Waals surface area contributed by atoms with Crippen molar-refractivity contribution in [2.75, 3.05) is 20.8 Å². The molecule has 1 aromatic heterocycles. The normalized spacial score (nSPS) is 13.2. The second kappa shape index (κ2) is 7.11. The number of methoxy groups -OCH3 is 2. The summed E-state index contributed by atoms with van der Waals surface area (Å²) in [6.07, 6.45) is 0. The molecule has 3 aromatic rings. The number of hydrogen-bond acceptors (Lipinski definition) is 5. The van der Waals surface area contributed by atoms with Crippen LogP contribution in [0.15, 0.2) is 48.5 Å². The van der Waals surface area contributed by atoms with E-state index in [2.05, 4.69) is 14.8 Å². The van der Waals surface area contributed by atoms with Crippen LogP contribution in [0.25, 0.3) is 11.4 Å². The van der Waals surface area contributed by atoms with Crippen LogP contribution >= 0.6 is 0 Å². The molecule has 7 heteroatoms. The molecule has 0 aliphatic carbocycles. The van der Waals surface area contributed by atoms with Crippen molar-refractivity contribution >= 4 is 5.91 Å². The number of amides is 1. The van der Waals surface area contributed by atoms with Crippen LogP contribution in [0.2, 0.25) is 0 Å². The molecule has 0 fully saturated rings. The van der Waals surface area contributed by atoms with Gasteiger partial charge in [0, 0.05) is 24.2 Å². The molecule has 0 saturated carbocycles. The standard InChI is InChI=1S/C20H20N4O3/c1-26-16-8-6-14(7-9-16)19-22-21-18-13-23(10-11-24(18)19)20(25)15-4-3-5-17(12-15)27-2/h3-9,12H,10-11,13H2,1-2H3. The van der Waals surface area contributed by atoms with E-state index in [1.165, 1.54) is 0 Å². The first kappa shape index (κ1) is 17.1. The minimum Gasteiger partial charge on any atom is -0.497 e. The predicted octanol–water partition coefficient (Wildman–Crippen LogP) is 2.62. The summed E-state index contributed by atoms with van der Waals surface area (Å²) in [4.78, 5) is 14.6. The highest BCUT2D eigenvalue weighted by molar-refractivity contribution is 5.94. The fraction of sp³-hybridized carbons (Fsp3) is 0.250. The van der Waals surface area contributed by atoms with Crippen LogP contribution in [0.4, 0.5) is 0 Å². The van der Waals surface area contributed by atoms with Gasteiger partial charge in [-0.25, -0.2) is 0 Å². The average molecular weight is 364 g/mol. The Labute approximate surface area is 157 Å². The number of rotatable bonds is 4. The molecule has 0 N–H and O–H groups in total. The molecule has 0 bridgehead atoms. The summed E-state index contributed by atoms with van der Waals surface area (Å²) in [7, 11) is 3.23. The summed E-state index contributed by atoms with van der Waals surface area (Å²) in [5.41, 5.74) is 1.58. The lowest BCUT2D eigenvalue weighted by Gasteiger charge is -2.28. The van der Waals surface area contributed by atoms with Gasteiger partial charge in [-0.1, -0.05) is 6.07 Å². The van der Waals surface area contributed by atoms with Crippen molar-refractivity contribution in [2.24, 2.45) is 0 Å². The third kappa shape index (κ3) is 3.23. The molecule has 0 spiro atoms. The summed E-state index contributed by atoms with van der Waals surface area (Å²) in [5, 5.41) is 8.63. The van der Waals surface area contributed by atoms with Crippen molar-refractivity contribution in [3.63, 3.8) is 0 Å². The van der Waals surface area contributed by atoms with Crippen molar-refractivity contribution in [1.29, 1.82) is 0 Å². The summed E-state index contributed by atoms with van der Waals surface area (Å²) >= 11 is 0. The Kier molecular flexibility index (Phi) is 4.50. The highest BCUT2D eigenvalue weighted by Gasteiger charge is 2.25. The van der Waals surface area contributed by atoms with Crippen molar-refractivity contribution in [2.45, 2.75) is 13.1 Å². The van der Waals surface area contributed by atoms with Gasteiger partial charge in [0.1, 0.15) is 11.5 Å². The second-order valence-corrected chi connectivity index (χ2v) is 6.28. The van der Waals surface area contributed by atoms with E-state index in [1.54, 1.807) is 31.3 Å². The van der Waals surface area contributed by atoms with Crippen LogP contribution in [0.3, 0.4) is 0 Å². The summed E-state index contributed by atoms with van der Waals surface area (Å²) in [6, 6.07) is 14.9. The molecule has 2 aromatic carbocycles. The zero-order chi connectivity index (χ0) is 18.8. The zero-order valence-electron chi connectivity index (χ0n) is 15.3. The Hall–Kier alpha value is -3.35. The van der Waals surface area contributed by atoms with Crippen LogP contribution in [-0.4, -0.2) is 46.3 Å². The van der Waals surface area contributed by atoms with Gasteiger partial charge >= 0.3 is 0 Å². The summed E-state index contributed by atoms with van der Waals surface area (Å²) < 4.78 is 12.5. The second-order valence-electron chi connectivity index (χ2n) is 6.28. The topological polar surface area (TPSA) is 69.5 Å². The molecule has 7 nitrogen and oxygen atoms in total. The van der Waals surface area contributed by atoms with E-state index in [4.69, 9.17) is 9.47 Å². The Morgan fingerprint density at radius 1 is 0.963 bits per heavy atom. The van der Waals surface area contributed by atoms with E-state index >= 15 is 0 Å². The molecule has 0 radical (unpaired) electrons. The fourth-order valence-electron chi connectivity index (χ4n) is 3.22. The molecular formula is C20H20N4O3. The predicted molar refractivity (Wildman–Crippen MR) is 99.7 cm³/mol. The molecule has 0 atom stereocenters. The quantitative estimate of drug-likeness (QED) is 0.712. The van der Waals surface area contributed by atoms with E-state index in [-0.39, 0.29) is 5.91 Å². The van der Waals surface area contributed by atoms with Crippen molar-refractivity contribution in [3.8, 4) is 22.9 Å². The number of ether oxygens (including phenoxy) is 2. The van der Waals surface area contributed by atoms with Gasteiger partial charge < -0.3 is 18.9 Å². The van der Waals surface area contributed by atoms with Gasteiger partial charge in [0.2, 0.25) is 0 Å². The SMILES string of the molecule is COc1ccc(-c2nnc3n2CCN(C(=O)c2cccc(OC)c2)C3)cc1. The first-order chi connectivity index (χ1) is 13.2. The van der Waals surface area contributed by atoms with Crippen LogP contribution < -0.4 is 9.47 Å². The van der Waals surface area contributed by atoms with Crippen LogP contribution in [0.1, 0.15) is 16.2 Å². The Morgan fingerprint density at radius 3 is 2.48 bits per heavy atom. The number of carbonyl (C=O) groups is 1. The lowest BCUT2D eigenvalue weighted by atomic mass is 10.1. The monoisotopic (exact) mass is 364 g/mol. The third-order valence-electron chi connectivity index (χ3n) is 4.71. The minimum absolute atomic E-state index is 0.0332. The molecule has 4 rings (SSSR count). The number of benzene rings is 2. The Bertz CT molecular complexity index is 966. The van der Waals surface area contributed by atoms with Gasteiger partial charge in [0.05, 0.1) is 20.8 Å². The van der Waals surface area contributed by atoms with Gasteiger partial charge in [0.15, 0.2) is 11.6 Å². The van der Waals surface area contributed by atoms with Crippen LogP contribution in [-0.2, 0) is 13.1 Å². The molecule has 0 unspecified atom stereocenters. The Balaban J connectivity index is 1.55. The fourth-order valence-corrected chi connectivity index (χ4v) is 3.22. The maximum Gasteiger partial charge on any atom is 0.254 e. The van der Waals surface area contributed by atoms with E-state index in [0.29, 0.717) is 30.9 Å². The van der Waals surface area contributed by atoms with Gasteiger partial charge in [-0.15, -0.1) is 10.2 Å². The lowest BCUT2D eigenvalue weighted by molar-refractivity contribution is 0.0707. The molecular weight excluding hydrogens is 344 g/mol. The number of fused-ring (bicyclic) bond motifs is 1. The molecule has 138 valence electrons. The average Bonchev–Trinajstić information content (AvgIpc) is 3.16. The maximum absolute atomic E-state index is 12.8. The van der Waals surface area contributed by atoms with E-state index in [9.17, 15) is 4.79 Å². The summed E-state index contributed by atoms with van der Waals surface area (Å²) in [6.45, 7) is 1.68. The molecule has 2 heterocycles. The van der Waals surface area contributed by atoms with Crippen LogP contribution in [0.5, 0.6) is 11.5 Å². The molecule has 0 saturated heterocycles. The Morgan fingerprint density at radius 2 is 1.74 bits per heavy atom. The highest BCUT2D eigenvalue weighted by Crippen LogP contribution is 2.25. The lowest BCUT2D eigenvalue weighted by Crippen LogP contribution is -2.38. The van der Waals surface area contributed by atoms with E-state index in [1.807, 2.05) is 36.4 Å². The first-order valence-corrected chi connectivity index (χ1v) is 8.69. The molecule has 1 amide bonds.